The van der Waals surface area contributed by atoms with Crippen molar-refractivity contribution >= 4 is 47.4 Å². The number of hydrogen-bond donors (Lipinski definition) is 3. The molecule has 1 saturated heterocycles. The number of fused-ring (bicyclic) bond motifs is 1. The van der Waals surface area contributed by atoms with Crippen LogP contribution in [0.1, 0.15) is 24.2 Å². The Morgan fingerprint density at radius 1 is 1.24 bits per heavy atom. The van der Waals surface area contributed by atoms with Gasteiger partial charge in [0.1, 0.15) is 17.7 Å². The number of nitrogens with zero attached hydrogens (tertiary/aromatic N) is 1. The Labute approximate surface area is 180 Å². The number of amides is 1. The molecule has 1 aliphatic heterocycles. The van der Waals surface area contributed by atoms with E-state index in [9.17, 15) is 9.18 Å². The maximum Gasteiger partial charge on any atom is 0.253 e. The topological polar surface area (TPSA) is 93.0 Å². The van der Waals surface area contributed by atoms with Crippen LogP contribution >= 0.6 is 24.8 Å². The van der Waals surface area contributed by atoms with E-state index in [1.54, 1.807) is 24.3 Å². The number of nitrogens with one attached hydrogen (secondary N) is 2. The molecular weight excluding hydrogens is 418 g/mol. The number of hydrogen-bond acceptors (Lipinski definition) is 4. The number of aromatic amines is 1. The molecular formula is C20H23Cl2FN4O2. The summed E-state index contributed by atoms with van der Waals surface area (Å²) in [5.41, 5.74) is 8.38. The summed E-state index contributed by atoms with van der Waals surface area (Å²) in [5, 5.41) is 2.88. The summed E-state index contributed by atoms with van der Waals surface area (Å²) in [6.07, 6.45) is 1.34. The molecule has 3 aromatic rings. The van der Waals surface area contributed by atoms with Gasteiger partial charge in [0.15, 0.2) is 0 Å². The Hall–Kier alpha value is -2.19. The molecule has 4 N–H and O–H groups in total. The van der Waals surface area contributed by atoms with Gasteiger partial charge in [-0.1, -0.05) is 18.2 Å². The van der Waals surface area contributed by atoms with Crippen molar-refractivity contribution in [3.05, 3.63) is 59.7 Å². The molecule has 2 atom stereocenters. The lowest BCUT2D eigenvalue weighted by atomic mass is 10.1. The number of halogens is 3. The molecule has 1 amide bonds. The van der Waals surface area contributed by atoms with Gasteiger partial charge in [-0.2, -0.15) is 0 Å². The van der Waals surface area contributed by atoms with Gasteiger partial charge in [0.25, 0.3) is 5.91 Å². The fourth-order valence-corrected chi connectivity index (χ4v) is 3.34. The molecule has 1 aliphatic rings. The minimum Gasteiger partial charge on any atom is -0.364 e. The van der Waals surface area contributed by atoms with Crippen LogP contribution in [-0.2, 0) is 16.0 Å². The SMILES string of the molecule is Cl.Cl.NC[C@H]1CC[C@@H](C(=O)Nc2ccc3nc(Cc4ccccc4F)[nH]c3c2)O1. The standard InChI is InChI=1S/C20H21FN4O2.2ClH/c21-15-4-2-1-3-12(15)9-19-24-16-7-5-13(10-17(16)25-19)23-20(26)18-8-6-14(11-22)27-18;;/h1-5,7,10,14,18H,6,8-9,11,22H2,(H,23,26)(H,24,25);2*1H/t14-,18+;;/m1../s1. The van der Waals surface area contributed by atoms with Crippen LogP contribution in [0.3, 0.4) is 0 Å². The van der Waals surface area contributed by atoms with Crippen molar-refractivity contribution in [1.82, 2.24) is 9.97 Å². The van der Waals surface area contributed by atoms with Gasteiger partial charge in [0.05, 0.1) is 17.1 Å². The molecule has 29 heavy (non-hydrogen) atoms. The number of H-pyrrole nitrogens is 1. The molecule has 156 valence electrons. The second-order valence-corrected chi connectivity index (χ2v) is 6.73. The monoisotopic (exact) mass is 440 g/mol. The van der Waals surface area contributed by atoms with Gasteiger partial charge in [-0.05, 0) is 42.7 Å². The number of aromatic nitrogens is 2. The van der Waals surface area contributed by atoms with Crippen molar-refractivity contribution in [1.29, 1.82) is 0 Å². The Morgan fingerprint density at radius 2 is 2.03 bits per heavy atom. The molecule has 0 spiro atoms. The number of nitrogens with two attached hydrogens (primary N) is 1. The Balaban J connectivity index is 0.00000150. The number of anilines is 1. The first-order valence-electron chi connectivity index (χ1n) is 9.01. The van der Waals surface area contributed by atoms with Crippen LogP contribution in [0, 0.1) is 5.82 Å². The summed E-state index contributed by atoms with van der Waals surface area (Å²) in [5.74, 6) is 0.248. The fourth-order valence-electron chi connectivity index (χ4n) is 3.34. The van der Waals surface area contributed by atoms with E-state index >= 15 is 0 Å². The zero-order chi connectivity index (χ0) is 18.8. The molecule has 2 aromatic carbocycles. The number of carbonyl (C=O) groups is 1. The molecule has 2 heterocycles. The van der Waals surface area contributed by atoms with Gasteiger partial charge < -0.3 is 20.8 Å². The summed E-state index contributed by atoms with van der Waals surface area (Å²) in [6.45, 7) is 0.425. The summed E-state index contributed by atoms with van der Waals surface area (Å²) in [6, 6.07) is 12.1. The first-order chi connectivity index (χ1) is 13.1. The quantitative estimate of drug-likeness (QED) is 0.564. The van der Waals surface area contributed by atoms with E-state index in [2.05, 4.69) is 15.3 Å². The van der Waals surface area contributed by atoms with E-state index < -0.39 is 6.10 Å². The minimum atomic E-state index is -0.465. The number of benzene rings is 2. The lowest BCUT2D eigenvalue weighted by molar-refractivity contribution is -0.126. The molecule has 9 heteroatoms. The Kier molecular flexibility index (Phi) is 7.98. The van der Waals surface area contributed by atoms with Gasteiger partial charge in [-0.3, -0.25) is 4.79 Å². The van der Waals surface area contributed by atoms with Crippen LogP contribution in [-0.4, -0.2) is 34.6 Å². The van der Waals surface area contributed by atoms with E-state index in [1.165, 1.54) is 6.07 Å². The average molecular weight is 441 g/mol. The van der Waals surface area contributed by atoms with E-state index in [0.717, 1.165) is 17.5 Å². The Morgan fingerprint density at radius 3 is 2.76 bits per heavy atom. The fraction of sp³-hybridized carbons (Fsp3) is 0.300. The number of ether oxygens (including phenoxy) is 1. The Bertz CT molecular complexity index is 982. The maximum absolute atomic E-state index is 13.8. The highest BCUT2D eigenvalue weighted by Gasteiger charge is 2.29. The summed E-state index contributed by atoms with van der Waals surface area (Å²) >= 11 is 0. The maximum atomic E-state index is 13.8. The van der Waals surface area contributed by atoms with Crippen molar-refractivity contribution in [2.75, 3.05) is 11.9 Å². The van der Waals surface area contributed by atoms with Crippen LogP contribution < -0.4 is 11.1 Å². The first-order valence-corrected chi connectivity index (χ1v) is 9.01. The van der Waals surface area contributed by atoms with Crippen molar-refractivity contribution < 1.29 is 13.9 Å². The van der Waals surface area contributed by atoms with E-state index in [4.69, 9.17) is 10.5 Å². The smallest absolute Gasteiger partial charge is 0.253 e. The van der Waals surface area contributed by atoms with Crippen molar-refractivity contribution in [3.63, 3.8) is 0 Å². The first kappa shape index (κ1) is 23.1. The summed E-state index contributed by atoms with van der Waals surface area (Å²) < 4.78 is 19.5. The van der Waals surface area contributed by atoms with Gasteiger partial charge >= 0.3 is 0 Å². The molecule has 1 aromatic heterocycles. The molecule has 0 aliphatic carbocycles. The van der Waals surface area contributed by atoms with Crippen LogP contribution in [0.15, 0.2) is 42.5 Å². The number of rotatable bonds is 5. The van der Waals surface area contributed by atoms with Crippen LogP contribution in [0.2, 0.25) is 0 Å². The third-order valence-electron chi connectivity index (χ3n) is 4.78. The molecule has 6 nitrogen and oxygen atoms in total. The predicted octanol–water partition coefficient (Wildman–Crippen LogP) is 3.58. The van der Waals surface area contributed by atoms with Gasteiger partial charge in [0.2, 0.25) is 0 Å². The highest BCUT2D eigenvalue weighted by atomic mass is 35.5. The second-order valence-electron chi connectivity index (χ2n) is 6.73. The van der Waals surface area contributed by atoms with E-state index in [1.807, 2.05) is 12.1 Å². The lowest BCUT2D eigenvalue weighted by Gasteiger charge is -2.12. The third kappa shape index (κ3) is 5.25. The minimum absolute atomic E-state index is 0. The summed E-state index contributed by atoms with van der Waals surface area (Å²) in [7, 11) is 0. The van der Waals surface area contributed by atoms with Crippen LogP contribution in [0.4, 0.5) is 10.1 Å². The predicted molar refractivity (Wildman–Crippen MR) is 115 cm³/mol. The van der Waals surface area contributed by atoms with Gasteiger partial charge in [0, 0.05) is 18.7 Å². The molecule has 0 saturated carbocycles. The van der Waals surface area contributed by atoms with Crippen molar-refractivity contribution in [3.8, 4) is 0 Å². The summed E-state index contributed by atoms with van der Waals surface area (Å²) in [4.78, 5) is 20.0. The third-order valence-corrected chi connectivity index (χ3v) is 4.78. The molecule has 0 bridgehead atoms. The highest BCUT2D eigenvalue weighted by molar-refractivity contribution is 5.96. The van der Waals surface area contributed by atoms with Crippen LogP contribution in [0.5, 0.6) is 0 Å². The largest absolute Gasteiger partial charge is 0.364 e. The molecule has 0 radical (unpaired) electrons. The molecule has 0 unspecified atom stereocenters. The van der Waals surface area contributed by atoms with E-state index in [0.29, 0.717) is 36.5 Å². The van der Waals surface area contributed by atoms with Crippen molar-refractivity contribution in [2.45, 2.75) is 31.5 Å². The zero-order valence-electron chi connectivity index (χ0n) is 15.6. The molecule has 4 rings (SSSR count). The normalized spacial score (nSPS) is 18.1. The number of imidazole rings is 1. The zero-order valence-corrected chi connectivity index (χ0v) is 17.2. The number of carbonyl (C=O) groups excluding carboxylic acids is 1. The molecule has 1 fully saturated rings. The van der Waals surface area contributed by atoms with Gasteiger partial charge in [-0.15, -0.1) is 24.8 Å². The van der Waals surface area contributed by atoms with E-state index in [-0.39, 0.29) is 42.6 Å². The second kappa shape index (κ2) is 10.0. The average Bonchev–Trinajstić information content (AvgIpc) is 3.29. The highest BCUT2D eigenvalue weighted by Crippen LogP contribution is 2.23. The van der Waals surface area contributed by atoms with Crippen LogP contribution in [0.25, 0.3) is 11.0 Å². The van der Waals surface area contributed by atoms with Crippen molar-refractivity contribution in [2.24, 2.45) is 5.73 Å². The van der Waals surface area contributed by atoms with Gasteiger partial charge in [-0.25, -0.2) is 9.37 Å². The lowest BCUT2D eigenvalue weighted by Crippen LogP contribution is -2.29.